The molecule has 1 amide bonds. The fraction of sp³-hybridized carbons (Fsp3) is 0.238. The first-order chi connectivity index (χ1) is 12.7. The van der Waals surface area contributed by atoms with Gasteiger partial charge in [-0.1, -0.05) is 31.2 Å². The number of nitrogens with one attached hydrogen (secondary N) is 3. The SMILES string of the molecule is CCc1nc2ccc(CC(=O)NCCc3c[nH]c4ccccc34)cc2[nH]1. The second kappa shape index (κ2) is 7.04. The molecule has 4 aromatic rings. The lowest BCUT2D eigenvalue weighted by atomic mass is 10.1. The third kappa shape index (κ3) is 3.33. The highest BCUT2D eigenvalue weighted by molar-refractivity contribution is 5.84. The molecule has 0 aliphatic rings. The number of amides is 1. The first-order valence-electron chi connectivity index (χ1n) is 9.02. The number of para-hydroxylation sites is 1. The van der Waals surface area contributed by atoms with E-state index >= 15 is 0 Å². The molecule has 0 aliphatic heterocycles. The Labute approximate surface area is 151 Å². The lowest BCUT2D eigenvalue weighted by Crippen LogP contribution is -2.27. The predicted octanol–water partition coefficient (Wildman–Crippen LogP) is 3.51. The molecule has 0 radical (unpaired) electrons. The van der Waals surface area contributed by atoms with Crippen molar-refractivity contribution >= 4 is 27.8 Å². The summed E-state index contributed by atoms with van der Waals surface area (Å²) in [7, 11) is 0. The maximum atomic E-state index is 12.3. The van der Waals surface area contributed by atoms with Gasteiger partial charge in [-0.15, -0.1) is 0 Å². The molecule has 0 bridgehead atoms. The summed E-state index contributed by atoms with van der Waals surface area (Å²) in [6, 6.07) is 14.2. The van der Waals surface area contributed by atoms with Crippen molar-refractivity contribution in [3.8, 4) is 0 Å². The summed E-state index contributed by atoms with van der Waals surface area (Å²) in [6.07, 6.45) is 4.09. The van der Waals surface area contributed by atoms with Crippen molar-refractivity contribution in [2.75, 3.05) is 6.54 Å². The van der Waals surface area contributed by atoms with Crippen LogP contribution in [0, 0.1) is 0 Å². The number of fused-ring (bicyclic) bond motifs is 2. The van der Waals surface area contributed by atoms with Crippen LogP contribution < -0.4 is 5.32 Å². The minimum absolute atomic E-state index is 0.0411. The van der Waals surface area contributed by atoms with Gasteiger partial charge in [-0.3, -0.25) is 4.79 Å². The Bertz CT molecular complexity index is 1060. The van der Waals surface area contributed by atoms with Crippen molar-refractivity contribution in [3.05, 3.63) is 65.6 Å². The van der Waals surface area contributed by atoms with Crippen LogP contribution in [0.4, 0.5) is 0 Å². The van der Waals surface area contributed by atoms with Crippen LogP contribution in [0.1, 0.15) is 23.9 Å². The molecule has 0 fully saturated rings. The number of carbonyl (C=O) groups is 1. The van der Waals surface area contributed by atoms with Crippen LogP contribution >= 0.6 is 0 Å². The van der Waals surface area contributed by atoms with E-state index in [0.717, 1.165) is 40.8 Å². The van der Waals surface area contributed by atoms with Gasteiger partial charge in [-0.2, -0.15) is 0 Å². The molecule has 2 aromatic carbocycles. The van der Waals surface area contributed by atoms with E-state index in [1.807, 2.05) is 36.5 Å². The molecule has 0 spiro atoms. The lowest BCUT2D eigenvalue weighted by molar-refractivity contribution is -0.120. The number of nitrogens with zero attached hydrogens (tertiary/aromatic N) is 1. The van der Waals surface area contributed by atoms with Gasteiger partial charge in [0.15, 0.2) is 0 Å². The summed E-state index contributed by atoms with van der Waals surface area (Å²) in [5, 5.41) is 4.24. The summed E-state index contributed by atoms with van der Waals surface area (Å²) in [6.45, 7) is 2.70. The second-order valence-electron chi connectivity index (χ2n) is 6.52. The Hall–Kier alpha value is -3.08. The van der Waals surface area contributed by atoms with Gasteiger partial charge >= 0.3 is 0 Å². The zero-order valence-electron chi connectivity index (χ0n) is 14.8. The van der Waals surface area contributed by atoms with Crippen LogP contribution in [0.15, 0.2) is 48.7 Å². The molecule has 0 saturated carbocycles. The molecule has 2 aromatic heterocycles. The Kier molecular flexibility index (Phi) is 4.44. The molecule has 132 valence electrons. The molecular weight excluding hydrogens is 324 g/mol. The number of hydrogen-bond donors (Lipinski definition) is 3. The quantitative estimate of drug-likeness (QED) is 0.500. The maximum absolute atomic E-state index is 12.3. The molecule has 4 rings (SSSR count). The number of aryl methyl sites for hydroxylation is 1. The average molecular weight is 346 g/mol. The van der Waals surface area contributed by atoms with E-state index in [-0.39, 0.29) is 5.91 Å². The molecule has 0 saturated heterocycles. The summed E-state index contributed by atoms with van der Waals surface area (Å²) in [4.78, 5) is 23.3. The van der Waals surface area contributed by atoms with E-state index in [0.29, 0.717) is 13.0 Å². The smallest absolute Gasteiger partial charge is 0.224 e. The highest BCUT2D eigenvalue weighted by atomic mass is 16.1. The van der Waals surface area contributed by atoms with E-state index in [9.17, 15) is 4.79 Å². The zero-order valence-corrected chi connectivity index (χ0v) is 14.8. The third-order valence-electron chi connectivity index (χ3n) is 4.69. The van der Waals surface area contributed by atoms with Gasteiger partial charge in [0.1, 0.15) is 5.82 Å². The number of benzene rings is 2. The number of hydrogen-bond acceptors (Lipinski definition) is 2. The fourth-order valence-electron chi connectivity index (χ4n) is 3.31. The normalized spacial score (nSPS) is 11.3. The van der Waals surface area contributed by atoms with Crippen LogP contribution in [0.25, 0.3) is 21.9 Å². The van der Waals surface area contributed by atoms with Crippen LogP contribution in [0.5, 0.6) is 0 Å². The van der Waals surface area contributed by atoms with Gasteiger partial charge in [-0.25, -0.2) is 4.98 Å². The Morgan fingerprint density at radius 1 is 1.15 bits per heavy atom. The van der Waals surface area contributed by atoms with Crippen LogP contribution in [0.2, 0.25) is 0 Å². The van der Waals surface area contributed by atoms with Crippen molar-refractivity contribution in [1.29, 1.82) is 0 Å². The van der Waals surface area contributed by atoms with Crippen LogP contribution in [-0.2, 0) is 24.1 Å². The highest BCUT2D eigenvalue weighted by Gasteiger charge is 2.08. The molecule has 0 aliphatic carbocycles. The molecule has 2 heterocycles. The maximum Gasteiger partial charge on any atom is 0.224 e. The summed E-state index contributed by atoms with van der Waals surface area (Å²) in [5.74, 6) is 1.01. The van der Waals surface area contributed by atoms with Crippen LogP contribution in [0.3, 0.4) is 0 Å². The van der Waals surface area contributed by atoms with Gasteiger partial charge in [0.2, 0.25) is 5.91 Å². The van der Waals surface area contributed by atoms with Crippen molar-refractivity contribution in [2.24, 2.45) is 0 Å². The fourth-order valence-corrected chi connectivity index (χ4v) is 3.31. The van der Waals surface area contributed by atoms with E-state index in [2.05, 4.69) is 39.3 Å². The van der Waals surface area contributed by atoms with Gasteiger partial charge in [-0.05, 0) is 35.7 Å². The number of aromatic amines is 2. The topological polar surface area (TPSA) is 73.6 Å². The summed E-state index contributed by atoms with van der Waals surface area (Å²) < 4.78 is 0. The first kappa shape index (κ1) is 16.4. The Morgan fingerprint density at radius 3 is 2.92 bits per heavy atom. The standard InChI is InChI=1S/C21H22N4O/c1-2-20-24-18-8-7-14(11-19(18)25-20)12-21(26)22-10-9-15-13-23-17-6-4-3-5-16(15)17/h3-8,11,13,23H,2,9-10,12H2,1H3,(H,22,26)(H,24,25). The average Bonchev–Trinajstić information content (AvgIpc) is 3.25. The molecule has 3 N–H and O–H groups in total. The predicted molar refractivity (Wildman–Crippen MR) is 104 cm³/mol. The molecule has 0 atom stereocenters. The van der Waals surface area contributed by atoms with Gasteiger partial charge in [0, 0.05) is 30.1 Å². The third-order valence-corrected chi connectivity index (χ3v) is 4.69. The van der Waals surface area contributed by atoms with Gasteiger partial charge < -0.3 is 15.3 Å². The summed E-state index contributed by atoms with van der Waals surface area (Å²) >= 11 is 0. The van der Waals surface area contributed by atoms with E-state index in [1.165, 1.54) is 10.9 Å². The van der Waals surface area contributed by atoms with Crippen LogP contribution in [-0.4, -0.2) is 27.4 Å². The largest absolute Gasteiger partial charge is 0.361 e. The monoisotopic (exact) mass is 346 g/mol. The molecular formula is C21H22N4O. The molecule has 26 heavy (non-hydrogen) atoms. The first-order valence-corrected chi connectivity index (χ1v) is 9.02. The second-order valence-corrected chi connectivity index (χ2v) is 6.52. The van der Waals surface area contributed by atoms with E-state index in [1.54, 1.807) is 0 Å². The Balaban J connectivity index is 1.35. The molecule has 0 unspecified atom stereocenters. The van der Waals surface area contributed by atoms with Crippen molar-refractivity contribution in [1.82, 2.24) is 20.3 Å². The minimum atomic E-state index is 0.0411. The number of H-pyrrole nitrogens is 2. The molecule has 5 nitrogen and oxygen atoms in total. The van der Waals surface area contributed by atoms with Gasteiger partial charge in [0.05, 0.1) is 17.5 Å². The number of rotatable bonds is 6. The van der Waals surface area contributed by atoms with Crippen molar-refractivity contribution < 1.29 is 4.79 Å². The van der Waals surface area contributed by atoms with E-state index in [4.69, 9.17) is 0 Å². The highest BCUT2D eigenvalue weighted by Crippen LogP contribution is 2.18. The van der Waals surface area contributed by atoms with Gasteiger partial charge in [0.25, 0.3) is 0 Å². The number of carbonyl (C=O) groups excluding carboxylic acids is 1. The minimum Gasteiger partial charge on any atom is -0.361 e. The zero-order chi connectivity index (χ0) is 17.9. The lowest BCUT2D eigenvalue weighted by Gasteiger charge is -2.05. The molecule has 5 heteroatoms. The van der Waals surface area contributed by atoms with E-state index < -0.39 is 0 Å². The van der Waals surface area contributed by atoms with Crippen molar-refractivity contribution in [2.45, 2.75) is 26.2 Å². The summed E-state index contributed by atoms with van der Waals surface area (Å²) in [5.41, 5.74) is 5.30. The Morgan fingerprint density at radius 2 is 2.04 bits per heavy atom. The number of aromatic nitrogens is 3. The number of imidazole rings is 1. The van der Waals surface area contributed by atoms with Crippen molar-refractivity contribution in [3.63, 3.8) is 0 Å².